The first kappa shape index (κ1) is 22.6. The quantitative estimate of drug-likeness (QED) is 0.270. The molecule has 0 spiro atoms. The van der Waals surface area contributed by atoms with E-state index >= 15 is 0 Å². The van der Waals surface area contributed by atoms with Gasteiger partial charge in [-0.05, 0) is 61.0 Å². The van der Waals surface area contributed by atoms with Gasteiger partial charge in [-0.25, -0.2) is 0 Å². The third-order valence-electron chi connectivity index (χ3n) is 6.06. The Morgan fingerprint density at radius 3 is 2.14 bits per heavy atom. The highest BCUT2D eigenvalue weighted by atomic mass is 16.5. The molecule has 0 aliphatic heterocycles. The summed E-state index contributed by atoms with van der Waals surface area (Å²) in [5.41, 5.74) is 9.77. The Labute approximate surface area is 206 Å². The monoisotopic (exact) mass is 459 g/mol. The van der Waals surface area contributed by atoms with Crippen LogP contribution in [0.5, 0.6) is 0 Å². The van der Waals surface area contributed by atoms with Crippen molar-refractivity contribution >= 4 is 11.4 Å². The van der Waals surface area contributed by atoms with Crippen LogP contribution in [0.2, 0.25) is 0 Å². The maximum Gasteiger partial charge on any atom is 0.190 e. The van der Waals surface area contributed by atoms with Crippen molar-refractivity contribution in [1.82, 2.24) is 10.1 Å². The maximum atomic E-state index is 5.76. The van der Waals surface area contributed by atoms with E-state index in [1.165, 1.54) is 27.8 Å². The lowest BCUT2D eigenvalue weighted by atomic mass is 9.99. The lowest BCUT2D eigenvalue weighted by Crippen LogP contribution is -2.11. The molecule has 4 aromatic carbocycles. The molecule has 0 fully saturated rings. The molecule has 35 heavy (non-hydrogen) atoms. The SMILES string of the molecule is Cc1noc(-c2ccc(-c3ccccc3)cc2)c1Nc1cccc(-c2ccccc2CN(C)C)c1. The Hall–Kier alpha value is -4.15. The number of benzene rings is 4. The van der Waals surface area contributed by atoms with Crippen LogP contribution in [0.3, 0.4) is 0 Å². The number of nitrogens with zero attached hydrogens (tertiary/aromatic N) is 2. The van der Waals surface area contributed by atoms with E-state index in [9.17, 15) is 0 Å². The predicted molar refractivity (Wildman–Crippen MR) is 145 cm³/mol. The zero-order valence-electron chi connectivity index (χ0n) is 20.3. The summed E-state index contributed by atoms with van der Waals surface area (Å²) < 4.78 is 5.76. The van der Waals surface area contributed by atoms with Gasteiger partial charge in [0.1, 0.15) is 11.4 Å². The third kappa shape index (κ3) is 5.03. The fourth-order valence-electron chi connectivity index (χ4n) is 4.35. The molecule has 5 rings (SSSR count). The molecule has 0 bridgehead atoms. The van der Waals surface area contributed by atoms with E-state index in [0.717, 1.165) is 34.9 Å². The second-order valence-corrected chi connectivity index (χ2v) is 9.02. The highest BCUT2D eigenvalue weighted by Gasteiger charge is 2.16. The van der Waals surface area contributed by atoms with Gasteiger partial charge in [-0.3, -0.25) is 0 Å². The molecule has 4 heteroatoms. The molecule has 0 radical (unpaired) electrons. The van der Waals surface area contributed by atoms with Crippen molar-refractivity contribution in [2.24, 2.45) is 0 Å². The second kappa shape index (κ2) is 10.00. The van der Waals surface area contributed by atoms with Crippen LogP contribution < -0.4 is 5.32 Å². The minimum atomic E-state index is 0.737. The van der Waals surface area contributed by atoms with Crippen molar-refractivity contribution in [3.8, 4) is 33.6 Å². The minimum Gasteiger partial charge on any atom is -0.354 e. The maximum absolute atomic E-state index is 5.76. The average molecular weight is 460 g/mol. The molecule has 0 saturated carbocycles. The number of aryl methyl sites for hydroxylation is 1. The summed E-state index contributed by atoms with van der Waals surface area (Å²) in [6.45, 7) is 2.85. The summed E-state index contributed by atoms with van der Waals surface area (Å²) in [6, 6.07) is 35.8. The third-order valence-corrected chi connectivity index (χ3v) is 6.06. The molecule has 0 amide bonds. The molecular formula is C31H29N3O. The van der Waals surface area contributed by atoms with Gasteiger partial charge in [0.2, 0.25) is 0 Å². The van der Waals surface area contributed by atoms with E-state index in [0.29, 0.717) is 0 Å². The topological polar surface area (TPSA) is 41.3 Å². The van der Waals surface area contributed by atoms with Crippen molar-refractivity contribution < 1.29 is 4.52 Å². The lowest BCUT2D eigenvalue weighted by Gasteiger charge is -2.15. The van der Waals surface area contributed by atoms with Gasteiger partial charge < -0.3 is 14.7 Å². The van der Waals surface area contributed by atoms with Crippen molar-refractivity contribution in [3.05, 3.63) is 114 Å². The van der Waals surface area contributed by atoms with Gasteiger partial charge in [0.05, 0.1) is 0 Å². The number of rotatable bonds is 7. The number of hydrogen-bond donors (Lipinski definition) is 1. The van der Waals surface area contributed by atoms with E-state index in [1.807, 2.05) is 13.0 Å². The zero-order chi connectivity index (χ0) is 24.2. The standard InChI is InChI=1S/C31H29N3O/c1-22-30(31(35-33-22)25-18-16-24(17-19-25)23-10-5-4-6-11-23)32-28-14-9-13-26(20-28)29-15-8-7-12-27(29)21-34(2)3/h4-20,32H,21H2,1-3H3. The second-order valence-electron chi connectivity index (χ2n) is 9.02. The van der Waals surface area contributed by atoms with Crippen LogP contribution in [0, 0.1) is 6.92 Å². The molecule has 1 N–H and O–H groups in total. The van der Waals surface area contributed by atoms with E-state index in [2.05, 4.69) is 127 Å². The van der Waals surface area contributed by atoms with E-state index in [4.69, 9.17) is 4.52 Å². The van der Waals surface area contributed by atoms with Gasteiger partial charge in [0.25, 0.3) is 0 Å². The number of hydrogen-bond acceptors (Lipinski definition) is 4. The number of nitrogens with one attached hydrogen (secondary N) is 1. The van der Waals surface area contributed by atoms with Gasteiger partial charge in [0, 0.05) is 17.8 Å². The Balaban J connectivity index is 1.44. The van der Waals surface area contributed by atoms with Crippen LogP contribution in [-0.4, -0.2) is 24.2 Å². The summed E-state index contributed by atoms with van der Waals surface area (Å²) in [5, 5.41) is 7.82. The Kier molecular flexibility index (Phi) is 6.47. The van der Waals surface area contributed by atoms with Crippen LogP contribution >= 0.6 is 0 Å². The van der Waals surface area contributed by atoms with Crippen molar-refractivity contribution in [3.63, 3.8) is 0 Å². The lowest BCUT2D eigenvalue weighted by molar-refractivity contribution is 0.403. The van der Waals surface area contributed by atoms with Gasteiger partial charge in [-0.2, -0.15) is 0 Å². The molecule has 5 aromatic rings. The Bertz CT molecular complexity index is 1420. The molecule has 0 unspecified atom stereocenters. The van der Waals surface area contributed by atoms with Gasteiger partial charge in [0.15, 0.2) is 5.76 Å². The van der Waals surface area contributed by atoms with E-state index < -0.39 is 0 Å². The molecule has 0 saturated heterocycles. The molecule has 0 atom stereocenters. The highest BCUT2D eigenvalue weighted by molar-refractivity contribution is 5.81. The first-order valence-electron chi connectivity index (χ1n) is 11.8. The molecule has 0 aliphatic carbocycles. The van der Waals surface area contributed by atoms with E-state index in [-0.39, 0.29) is 0 Å². The molecule has 1 heterocycles. The molecular weight excluding hydrogens is 430 g/mol. The number of aromatic nitrogens is 1. The fraction of sp³-hybridized carbons (Fsp3) is 0.129. The zero-order valence-corrected chi connectivity index (χ0v) is 20.3. The van der Waals surface area contributed by atoms with Crippen LogP contribution in [0.4, 0.5) is 11.4 Å². The van der Waals surface area contributed by atoms with E-state index in [1.54, 1.807) is 0 Å². The molecule has 1 aromatic heterocycles. The van der Waals surface area contributed by atoms with Crippen molar-refractivity contribution in [2.75, 3.05) is 19.4 Å². The predicted octanol–water partition coefficient (Wildman–Crippen LogP) is 7.79. The van der Waals surface area contributed by atoms with Crippen LogP contribution in [0.25, 0.3) is 33.6 Å². The minimum absolute atomic E-state index is 0.737. The smallest absolute Gasteiger partial charge is 0.190 e. The summed E-state index contributed by atoms with van der Waals surface area (Å²) in [5.74, 6) is 0.737. The van der Waals surface area contributed by atoms with Gasteiger partial charge in [-0.15, -0.1) is 0 Å². The largest absolute Gasteiger partial charge is 0.354 e. The summed E-state index contributed by atoms with van der Waals surface area (Å²) in [7, 11) is 4.19. The van der Waals surface area contributed by atoms with Crippen LogP contribution in [-0.2, 0) is 6.54 Å². The van der Waals surface area contributed by atoms with Crippen LogP contribution in [0.1, 0.15) is 11.3 Å². The Morgan fingerprint density at radius 2 is 1.37 bits per heavy atom. The van der Waals surface area contributed by atoms with Crippen LogP contribution in [0.15, 0.2) is 108 Å². The number of anilines is 2. The fourth-order valence-corrected chi connectivity index (χ4v) is 4.35. The first-order valence-corrected chi connectivity index (χ1v) is 11.8. The summed E-state index contributed by atoms with van der Waals surface area (Å²) in [6.07, 6.45) is 0. The first-order chi connectivity index (χ1) is 17.1. The molecule has 4 nitrogen and oxygen atoms in total. The van der Waals surface area contributed by atoms with Crippen molar-refractivity contribution in [2.45, 2.75) is 13.5 Å². The van der Waals surface area contributed by atoms with Gasteiger partial charge in [-0.1, -0.05) is 96.2 Å². The van der Waals surface area contributed by atoms with Crippen molar-refractivity contribution in [1.29, 1.82) is 0 Å². The normalized spacial score (nSPS) is 11.1. The highest BCUT2D eigenvalue weighted by Crippen LogP contribution is 2.35. The summed E-state index contributed by atoms with van der Waals surface area (Å²) >= 11 is 0. The average Bonchev–Trinajstić information content (AvgIpc) is 3.24. The summed E-state index contributed by atoms with van der Waals surface area (Å²) in [4.78, 5) is 2.19. The van der Waals surface area contributed by atoms with Gasteiger partial charge >= 0.3 is 0 Å². The molecule has 174 valence electrons. The molecule has 0 aliphatic rings. The Morgan fingerprint density at radius 1 is 0.714 bits per heavy atom.